The number of aliphatic hydroxyl groups is 4. The molecule has 4 unspecified atom stereocenters. The fourth-order valence-corrected chi connectivity index (χ4v) is 16.4. The highest BCUT2D eigenvalue weighted by atomic mass is 35.5. The van der Waals surface area contributed by atoms with Gasteiger partial charge < -0.3 is 41.7 Å². The van der Waals surface area contributed by atoms with Gasteiger partial charge in [0.2, 0.25) is 0 Å². The second-order valence-corrected chi connectivity index (χ2v) is 30.6. The van der Waals surface area contributed by atoms with E-state index < -0.39 is 70.4 Å². The number of nitrogens with one attached hydrogen (secondary N) is 4. The minimum atomic E-state index is -2.06. The van der Waals surface area contributed by atoms with Gasteiger partial charge in [-0.15, -0.1) is 22.7 Å². The highest BCUT2D eigenvalue weighted by Crippen LogP contribution is 2.52. The van der Waals surface area contributed by atoms with Crippen molar-refractivity contribution in [3.05, 3.63) is 214 Å². The molecule has 0 radical (unpaired) electrons. The minimum Gasteiger partial charge on any atom is -0.375 e. The normalized spacial score (nSPS) is 22.1. The van der Waals surface area contributed by atoms with Gasteiger partial charge in [-0.2, -0.15) is 0 Å². The third kappa shape index (κ3) is 13.5. The predicted molar refractivity (Wildman–Crippen MR) is 377 cm³/mol. The topological polar surface area (TPSA) is 291 Å². The molecule has 4 atom stereocenters. The van der Waals surface area contributed by atoms with Crippen molar-refractivity contribution in [2.45, 2.75) is 123 Å². The van der Waals surface area contributed by atoms with E-state index in [1.54, 1.807) is 24.4 Å². The third-order valence-electron chi connectivity index (χ3n) is 18.2. The monoisotopic (exact) mass is 1510 g/mol. The number of pyridine rings is 2. The first kappa shape index (κ1) is 69.8. The number of amides is 4. The van der Waals surface area contributed by atoms with Crippen LogP contribution in [0.15, 0.2) is 109 Å². The van der Waals surface area contributed by atoms with Gasteiger partial charge in [0.25, 0.3) is 23.6 Å². The highest BCUT2D eigenvalue weighted by Gasteiger charge is 2.53. The van der Waals surface area contributed by atoms with E-state index in [1.807, 2.05) is 29.6 Å². The Kier molecular flexibility index (Phi) is 19.2. The average molecular weight is 1520 g/mol. The first-order chi connectivity index (χ1) is 46.6. The summed E-state index contributed by atoms with van der Waals surface area (Å²) in [5.74, 6) is -2.07. The smallest absolute Gasteiger partial charge is 0.261 e. The Morgan fingerprint density at radius 2 is 0.796 bits per heavy atom. The Morgan fingerprint density at radius 3 is 1.18 bits per heavy atom. The zero-order valence-electron chi connectivity index (χ0n) is 51.0. The van der Waals surface area contributed by atoms with Gasteiger partial charge in [-0.05, 0) is 171 Å². The summed E-state index contributed by atoms with van der Waals surface area (Å²) in [4.78, 5) is 110. The molecular weight excluding hydrogens is 1460 g/mol. The Balaban J connectivity index is 0.000000118. The number of aromatic nitrogens is 2. The molecule has 8 N–H and O–H groups in total. The summed E-state index contributed by atoms with van der Waals surface area (Å²) < 4.78 is 0. The lowest BCUT2D eigenvalue weighted by Crippen LogP contribution is -2.36. The SMILES string of the molecule is O=C(CC1(O)C(=O)Nc2c(Cl)ccc(Cl)c21)c1cc(C2CC2)cs1.O=C(CC1(O)C(=O)Nc2c(Cl)ccc(Cl)c21)c1ccc(C2CC2)cn1.O=C(CC1(O)C(=O)Nc2c(Cl)ccc(Cl)c21)c1ccc(C2CC2)nc1.O=C(CC1(O)C(=O)Nc2c(Cl)ccc(Cl)c21)c1ccc(C2CC2)s1. The molecule has 16 rings (SSSR count). The Labute approximate surface area is 607 Å². The third-order valence-corrected chi connectivity index (χ3v) is 23.0. The van der Waals surface area contributed by atoms with E-state index >= 15 is 0 Å². The summed E-state index contributed by atoms with van der Waals surface area (Å²) in [6.45, 7) is 0. The van der Waals surface area contributed by atoms with Crippen LogP contribution in [-0.2, 0) is 41.6 Å². The molecule has 4 aromatic heterocycles. The molecule has 4 fully saturated rings. The van der Waals surface area contributed by atoms with Gasteiger partial charge in [0.15, 0.2) is 45.5 Å². The Morgan fingerprint density at radius 1 is 0.408 bits per heavy atom. The second kappa shape index (κ2) is 27.0. The molecule has 18 nitrogen and oxygen atoms in total. The number of hydrogen-bond donors (Lipinski definition) is 8. The molecule has 4 aliphatic carbocycles. The molecule has 8 aliphatic rings. The van der Waals surface area contributed by atoms with Crippen LogP contribution < -0.4 is 21.3 Å². The number of hydrogen-bond acceptors (Lipinski definition) is 16. The molecule has 8 aromatic rings. The number of carbonyl (C=O) groups is 8. The number of Topliss-reactive ketones (excluding diaryl/α,β-unsaturated/α-hetero) is 4. The van der Waals surface area contributed by atoms with Gasteiger partial charge >= 0.3 is 0 Å². The molecule has 98 heavy (non-hydrogen) atoms. The number of anilines is 4. The van der Waals surface area contributed by atoms with E-state index in [2.05, 4.69) is 31.2 Å². The maximum atomic E-state index is 12.6. The average Bonchev–Trinajstić information content (AvgIpc) is 1.60. The summed E-state index contributed by atoms with van der Waals surface area (Å²) in [5.41, 5.74) is -2.68. The van der Waals surface area contributed by atoms with E-state index in [-0.39, 0.29) is 115 Å². The van der Waals surface area contributed by atoms with Crippen LogP contribution in [0.25, 0.3) is 0 Å². The van der Waals surface area contributed by atoms with E-state index in [4.69, 9.17) is 92.8 Å². The van der Waals surface area contributed by atoms with Gasteiger partial charge in [-0.25, -0.2) is 0 Å². The lowest BCUT2D eigenvalue weighted by Gasteiger charge is -2.21. The second-order valence-electron chi connectivity index (χ2n) is 25.3. The van der Waals surface area contributed by atoms with Crippen LogP contribution in [0.5, 0.6) is 0 Å². The number of fused-ring (bicyclic) bond motifs is 4. The molecule has 0 saturated heterocycles. The number of rotatable bonds is 16. The zero-order chi connectivity index (χ0) is 69.7. The van der Waals surface area contributed by atoms with Crippen molar-refractivity contribution < 1.29 is 58.8 Å². The zero-order valence-corrected chi connectivity index (χ0v) is 58.7. The fraction of sp³-hybridized carbons (Fsp3) is 0.286. The maximum Gasteiger partial charge on any atom is 0.261 e. The van der Waals surface area contributed by atoms with Gasteiger partial charge in [-0.1, -0.05) is 98.9 Å². The molecule has 0 spiro atoms. The first-order valence-electron chi connectivity index (χ1n) is 30.9. The van der Waals surface area contributed by atoms with Crippen molar-refractivity contribution in [3.63, 3.8) is 0 Å². The van der Waals surface area contributed by atoms with Gasteiger partial charge in [0, 0.05) is 76.8 Å². The summed E-state index contributed by atoms with van der Waals surface area (Å²) in [6.07, 6.45) is 10.7. The van der Waals surface area contributed by atoms with Crippen molar-refractivity contribution in [1.29, 1.82) is 0 Å². The number of halogens is 8. The van der Waals surface area contributed by atoms with Gasteiger partial charge in [0.05, 0.1) is 78.3 Å². The lowest BCUT2D eigenvalue weighted by molar-refractivity contribution is -0.133. The molecular formula is C70H54Cl8N6O12S2. The van der Waals surface area contributed by atoms with Crippen molar-refractivity contribution in [2.24, 2.45) is 0 Å². The molecule has 4 saturated carbocycles. The number of thiophene rings is 2. The summed E-state index contributed by atoms with van der Waals surface area (Å²) in [5, 5.41) is 57.5. The summed E-state index contributed by atoms with van der Waals surface area (Å²) in [7, 11) is 0. The molecule has 4 amide bonds. The van der Waals surface area contributed by atoms with Crippen LogP contribution in [0.3, 0.4) is 0 Å². The largest absolute Gasteiger partial charge is 0.375 e. The van der Waals surface area contributed by atoms with Crippen LogP contribution in [0.1, 0.15) is 185 Å². The van der Waals surface area contributed by atoms with E-state index in [0.717, 1.165) is 68.2 Å². The van der Waals surface area contributed by atoms with E-state index in [9.17, 15) is 58.8 Å². The summed E-state index contributed by atoms with van der Waals surface area (Å²) in [6, 6.07) is 24.7. The first-order valence-corrected chi connectivity index (χ1v) is 35.6. The molecule has 4 aliphatic heterocycles. The van der Waals surface area contributed by atoms with Crippen LogP contribution in [0.4, 0.5) is 22.7 Å². The van der Waals surface area contributed by atoms with E-state index in [1.165, 1.54) is 82.3 Å². The number of nitrogens with zero attached hydrogens (tertiary/aromatic N) is 2. The van der Waals surface area contributed by atoms with Crippen molar-refractivity contribution in [2.75, 3.05) is 21.3 Å². The van der Waals surface area contributed by atoms with Crippen molar-refractivity contribution in [3.8, 4) is 0 Å². The maximum absolute atomic E-state index is 12.6. The Hall–Kier alpha value is -6.70. The van der Waals surface area contributed by atoms with E-state index in [0.29, 0.717) is 39.0 Å². The number of benzene rings is 4. The van der Waals surface area contributed by atoms with Crippen molar-refractivity contribution in [1.82, 2.24) is 9.97 Å². The molecule has 0 bridgehead atoms. The molecule has 8 heterocycles. The van der Waals surface area contributed by atoms with Crippen LogP contribution >= 0.6 is 115 Å². The van der Waals surface area contributed by atoms with Gasteiger partial charge in [-0.3, -0.25) is 48.3 Å². The molecule has 28 heteroatoms. The van der Waals surface area contributed by atoms with Crippen molar-refractivity contribution >= 4 is 185 Å². The quantitative estimate of drug-likeness (QED) is 0.0418. The predicted octanol–water partition coefficient (Wildman–Crippen LogP) is 16.0. The highest BCUT2D eigenvalue weighted by molar-refractivity contribution is 7.14. The minimum absolute atomic E-state index is 0.134. The Bertz CT molecular complexity index is 4420. The van der Waals surface area contributed by atoms with Crippen LogP contribution in [0, 0.1) is 0 Å². The number of carbonyl (C=O) groups excluding carboxylic acids is 8. The number of ketones is 4. The molecule has 4 aromatic carbocycles. The fourth-order valence-electron chi connectivity index (χ4n) is 12.2. The molecule has 504 valence electrons. The van der Waals surface area contributed by atoms with Gasteiger partial charge in [0.1, 0.15) is 5.69 Å². The van der Waals surface area contributed by atoms with Crippen LogP contribution in [-0.4, -0.2) is 77.2 Å². The standard InChI is InChI=1S/2C18H14Cl2N2O3.2C17H13Cl2NO3S/c19-11-4-5-12(20)16-15(11)18(25,17(24)22-16)7-14(23)10-3-6-13(21-8-10)9-1-2-9;19-11-4-5-12(20)16-15(11)18(25,17(24)22-16)7-14(23)13-6-3-10(8-21-13)9-1-2-9;18-10-3-4-11(19)15-14(10)17(23,16(22)20-15)6-12(21)13-5-9(7-24-13)8-1-2-8;18-9-3-4-10(19)15-14(9)17(23,16(22)20-15)7-11(21)13-6-5-12(24-13)8-1-2-8/h2*3-6,8-9,25H,1-2,7H2,(H,22,24);3-5,7-8,23H,1-2,6H2,(H,20,22);3-6,8,23H,1-2,7H2,(H,20,22). The summed E-state index contributed by atoms with van der Waals surface area (Å²) >= 11 is 51.6. The van der Waals surface area contributed by atoms with Crippen LogP contribution in [0.2, 0.25) is 40.2 Å². The lowest BCUT2D eigenvalue weighted by atomic mass is 9.88.